The minimum atomic E-state index is 0.994. The molecule has 0 aliphatic carbocycles. The highest BCUT2D eigenvalue weighted by Crippen LogP contribution is 2.48. The van der Waals surface area contributed by atoms with Gasteiger partial charge in [-0.25, -0.2) is 0 Å². The third-order valence-electron chi connectivity index (χ3n) is 8.08. The van der Waals surface area contributed by atoms with Crippen LogP contribution in [0.5, 0.6) is 0 Å². The van der Waals surface area contributed by atoms with Crippen molar-refractivity contribution in [3.63, 3.8) is 0 Å². The predicted octanol–water partition coefficient (Wildman–Crippen LogP) is 10.7. The van der Waals surface area contributed by atoms with Crippen LogP contribution in [-0.2, 0) is 0 Å². The predicted molar refractivity (Wildman–Crippen MR) is 171 cm³/mol. The van der Waals surface area contributed by atoms with E-state index < -0.39 is 0 Å². The molecule has 0 bridgehead atoms. The summed E-state index contributed by atoms with van der Waals surface area (Å²) in [5.74, 6) is 0. The number of benzene rings is 7. The highest BCUT2D eigenvalue weighted by molar-refractivity contribution is 6.28. The molecule has 40 heavy (non-hydrogen) atoms. The van der Waals surface area contributed by atoms with E-state index >= 15 is 0 Å². The van der Waals surface area contributed by atoms with Crippen LogP contribution in [-0.4, -0.2) is 4.98 Å². The summed E-state index contributed by atoms with van der Waals surface area (Å²) in [6.45, 7) is 0. The van der Waals surface area contributed by atoms with Gasteiger partial charge in [0, 0.05) is 17.1 Å². The third kappa shape index (κ3) is 3.52. The smallest absolute Gasteiger partial charge is 0.0714 e. The van der Waals surface area contributed by atoms with Crippen LogP contribution in [0.4, 0.5) is 0 Å². The van der Waals surface area contributed by atoms with E-state index in [2.05, 4.69) is 140 Å². The molecule has 1 heteroatoms. The van der Waals surface area contributed by atoms with Crippen molar-refractivity contribution in [3.05, 3.63) is 152 Å². The van der Waals surface area contributed by atoms with Crippen LogP contribution in [0.25, 0.3) is 76.6 Å². The van der Waals surface area contributed by atoms with Gasteiger partial charge in [-0.05, 0) is 84.2 Å². The van der Waals surface area contributed by atoms with Crippen molar-refractivity contribution < 1.29 is 0 Å². The van der Waals surface area contributed by atoms with Gasteiger partial charge >= 0.3 is 0 Å². The van der Waals surface area contributed by atoms with E-state index in [9.17, 15) is 0 Å². The number of pyridine rings is 1. The average Bonchev–Trinajstić information content (AvgIpc) is 3.03. The molecule has 0 aliphatic heterocycles. The van der Waals surface area contributed by atoms with Gasteiger partial charge in [0.05, 0.1) is 5.69 Å². The summed E-state index contributed by atoms with van der Waals surface area (Å²) >= 11 is 0. The molecule has 0 unspecified atom stereocenters. The van der Waals surface area contributed by atoms with Crippen LogP contribution in [0, 0.1) is 0 Å². The second-order valence-electron chi connectivity index (χ2n) is 10.3. The molecule has 8 aromatic rings. The molecule has 0 fully saturated rings. The zero-order valence-corrected chi connectivity index (χ0v) is 21.9. The maximum Gasteiger partial charge on any atom is 0.0714 e. The fraction of sp³-hybridized carbons (Fsp3) is 0. The van der Waals surface area contributed by atoms with E-state index in [0.717, 1.165) is 5.69 Å². The van der Waals surface area contributed by atoms with Crippen LogP contribution in [0.15, 0.2) is 152 Å². The summed E-state index contributed by atoms with van der Waals surface area (Å²) in [6.07, 6.45) is 1.89. The average molecular weight is 508 g/mol. The lowest BCUT2D eigenvalue weighted by molar-refractivity contribution is 1.34. The molecule has 1 heterocycles. The minimum Gasteiger partial charge on any atom is -0.256 e. The van der Waals surface area contributed by atoms with E-state index in [-0.39, 0.29) is 0 Å². The van der Waals surface area contributed by atoms with Crippen LogP contribution in [0.1, 0.15) is 0 Å². The second kappa shape index (κ2) is 9.18. The van der Waals surface area contributed by atoms with Gasteiger partial charge in [0.1, 0.15) is 0 Å². The Morgan fingerprint density at radius 1 is 0.375 bits per heavy atom. The van der Waals surface area contributed by atoms with E-state index in [1.807, 2.05) is 12.3 Å². The molecule has 0 N–H and O–H groups in total. The molecule has 0 saturated heterocycles. The van der Waals surface area contributed by atoms with Crippen LogP contribution >= 0.6 is 0 Å². The molecule has 1 aromatic heterocycles. The van der Waals surface area contributed by atoms with Crippen molar-refractivity contribution in [1.82, 2.24) is 4.98 Å². The minimum absolute atomic E-state index is 0.994. The molecule has 0 atom stereocenters. The zero-order valence-electron chi connectivity index (χ0n) is 21.9. The van der Waals surface area contributed by atoms with Crippen molar-refractivity contribution >= 4 is 43.1 Å². The lowest BCUT2D eigenvalue weighted by Gasteiger charge is -2.21. The summed E-state index contributed by atoms with van der Waals surface area (Å²) < 4.78 is 0. The number of aromatic nitrogens is 1. The van der Waals surface area contributed by atoms with Gasteiger partial charge in [-0.15, -0.1) is 0 Å². The molecule has 186 valence electrons. The topological polar surface area (TPSA) is 12.9 Å². The monoisotopic (exact) mass is 507 g/mol. The molecule has 0 aliphatic rings. The Morgan fingerprint density at radius 3 is 1.70 bits per heavy atom. The normalized spacial score (nSPS) is 11.5. The van der Waals surface area contributed by atoms with Crippen molar-refractivity contribution in [2.75, 3.05) is 0 Å². The Hall–Kier alpha value is -5.27. The Kier molecular flexibility index (Phi) is 5.21. The first-order valence-electron chi connectivity index (χ1n) is 13.7. The molecule has 0 spiro atoms. The van der Waals surface area contributed by atoms with Crippen molar-refractivity contribution in [2.45, 2.75) is 0 Å². The lowest BCUT2D eigenvalue weighted by atomic mass is 9.82. The van der Waals surface area contributed by atoms with E-state index in [0.29, 0.717) is 0 Å². The highest BCUT2D eigenvalue weighted by atomic mass is 14.7. The van der Waals surface area contributed by atoms with Gasteiger partial charge in [0.2, 0.25) is 0 Å². The molecule has 1 nitrogen and oxygen atoms in total. The van der Waals surface area contributed by atoms with Gasteiger partial charge in [0.25, 0.3) is 0 Å². The Bertz CT molecular complexity index is 2200. The van der Waals surface area contributed by atoms with Crippen LogP contribution in [0.2, 0.25) is 0 Å². The van der Waals surface area contributed by atoms with Gasteiger partial charge in [0.15, 0.2) is 0 Å². The SMILES string of the molecule is c1ccc(-c2cc3ccccc3cc2-c2c3ccccc3c(-c3ccccn3)c3c2ccc2ccccc23)cc1. The zero-order chi connectivity index (χ0) is 26.5. The van der Waals surface area contributed by atoms with Crippen LogP contribution in [0.3, 0.4) is 0 Å². The fourth-order valence-corrected chi connectivity index (χ4v) is 6.32. The molecule has 0 amide bonds. The number of fused-ring (bicyclic) bond motifs is 5. The fourth-order valence-electron chi connectivity index (χ4n) is 6.32. The number of rotatable bonds is 3. The van der Waals surface area contributed by atoms with Crippen molar-refractivity contribution in [2.24, 2.45) is 0 Å². The first-order chi connectivity index (χ1) is 19.9. The summed E-state index contributed by atoms with van der Waals surface area (Å²) in [6, 6.07) is 52.5. The Morgan fingerprint density at radius 2 is 0.975 bits per heavy atom. The first kappa shape index (κ1) is 22.7. The van der Waals surface area contributed by atoms with Crippen molar-refractivity contribution in [1.29, 1.82) is 0 Å². The number of hydrogen-bond donors (Lipinski definition) is 0. The third-order valence-corrected chi connectivity index (χ3v) is 8.08. The molecule has 0 saturated carbocycles. The molecule has 7 aromatic carbocycles. The maximum absolute atomic E-state index is 4.86. The molecular formula is C39H25N. The maximum atomic E-state index is 4.86. The standard InChI is InChI=1S/C39H25N/c1-2-12-26(13-3-1)34-24-28-15-4-5-16-29(28)25-35(34)37-31-18-8-9-19-32(31)39(36-20-10-11-23-40-36)38-30-17-7-6-14-27(30)21-22-33(37)38/h1-25H. The van der Waals surface area contributed by atoms with Gasteiger partial charge in [-0.2, -0.15) is 0 Å². The van der Waals surface area contributed by atoms with E-state index in [1.54, 1.807) is 0 Å². The summed E-state index contributed by atoms with van der Waals surface area (Å²) in [7, 11) is 0. The van der Waals surface area contributed by atoms with E-state index in [4.69, 9.17) is 4.98 Å². The highest BCUT2D eigenvalue weighted by Gasteiger charge is 2.21. The van der Waals surface area contributed by atoms with Crippen molar-refractivity contribution in [3.8, 4) is 33.5 Å². The Balaban J connectivity index is 1.63. The quantitative estimate of drug-likeness (QED) is 0.171. The summed E-state index contributed by atoms with van der Waals surface area (Å²) in [5, 5.41) is 9.90. The number of hydrogen-bond acceptors (Lipinski definition) is 1. The summed E-state index contributed by atoms with van der Waals surface area (Å²) in [5.41, 5.74) is 7.15. The second-order valence-corrected chi connectivity index (χ2v) is 10.3. The van der Waals surface area contributed by atoms with Gasteiger partial charge in [-0.3, -0.25) is 4.98 Å². The lowest BCUT2D eigenvalue weighted by Crippen LogP contribution is -1.95. The Labute approximate surface area is 233 Å². The van der Waals surface area contributed by atoms with Gasteiger partial charge < -0.3 is 0 Å². The van der Waals surface area contributed by atoms with Crippen LogP contribution < -0.4 is 0 Å². The number of nitrogens with zero attached hydrogens (tertiary/aromatic N) is 1. The van der Waals surface area contributed by atoms with Gasteiger partial charge in [-0.1, -0.05) is 121 Å². The summed E-state index contributed by atoms with van der Waals surface area (Å²) in [4.78, 5) is 4.86. The molecule has 0 radical (unpaired) electrons. The molecule has 8 rings (SSSR count). The van der Waals surface area contributed by atoms with E-state index in [1.165, 1.54) is 70.9 Å². The molecular weight excluding hydrogens is 482 g/mol. The first-order valence-corrected chi connectivity index (χ1v) is 13.7. The largest absolute Gasteiger partial charge is 0.256 e.